The first kappa shape index (κ1) is 22.5. The van der Waals surface area contributed by atoms with E-state index in [1.807, 2.05) is 11.3 Å². The number of thiophene rings is 1. The summed E-state index contributed by atoms with van der Waals surface area (Å²) in [5, 5.41) is 8.00. The number of hydrogen-bond donors (Lipinski definition) is 0. The fourth-order valence-corrected chi connectivity index (χ4v) is 7.50. The maximum atomic E-state index is 2.38. The van der Waals surface area contributed by atoms with E-state index in [0.717, 1.165) is 12.8 Å². The van der Waals surface area contributed by atoms with Crippen LogP contribution in [0, 0.1) is 0 Å². The quantitative estimate of drug-likeness (QED) is 0.206. The van der Waals surface area contributed by atoms with E-state index in [2.05, 4.69) is 133 Å². The molecule has 184 valence electrons. The van der Waals surface area contributed by atoms with Crippen LogP contribution in [0.5, 0.6) is 0 Å². The Morgan fingerprint density at radius 2 is 1.08 bits per heavy atom. The van der Waals surface area contributed by atoms with Gasteiger partial charge in [0.25, 0.3) is 0 Å². The Labute approximate surface area is 232 Å². The van der Waals surface area contributed by atoms with Crippen LogP contribution in [0.4, 0.5) is 0 Å². The van der Waals surface area contributed by atoms with Gasteiger partial charge in [0.15, 0.2) is 0 Å². The number of benzene rings is 6. The molecule has 0 amide bonds. The molecule has 1 heteroatoms. The lowest BCUT2D eigenvalue weighted by Crippen LogP contribution is -1.95. The standard InChI is InChI=1S/C38H26S/c1-2-11-25(12-3-1)37-31-16-4-6-18-33(31)38(34-19-7-5-17-32(34)37)28-14-10-13-26(23-28)27-21-22-30-29-15-8-9-20-35(29)39-36(30)24-27/h1-2,4-11,13-24H,3,12H2. The van der Waals surface area contributed by atoms with Gasteiger partial charge in [-0.3, -0.25) is 0 Å². The van der Waals surface area contributed by atoms with Gasteiger partial charge >= 0.3 is 0 Å². The molecule has 39 heavy (non-hydrogen) atoms. The van der Waals surface area contributed by atoms with Crippen LogP contribution in [0.3, 0.4) is 0 Å². The zero-order chi connectivity index (χ0) is 25.8. The molecule has 0 saturated heterocycles. The van der Waals surface area contributed by atoms with Gasteiger partial charge in [-0.15, -0.1) is 11.3 Å². The summed E-state index contributed by atoms with van der Waals surface area (Å²) < 4.78 is 2.69. The maximum Gasteiger partial charge on any atom is 0.0361 e. The smallest absolute Gasteiger partial charge is 0.0361 e. The molecule has 7 aromatic rings. The molecule has 0 atom stereocenters. The number of hydrogen-bond acceptors (Lipinski definition) is 1. The summed E-state index contributed by atoms with van der Waals surface area (Å²) in [5.74, 6) is 0. The van der Waals surface area contributed by atoms with Crippen LogP contribution in [0.15, 0.2) is 133 Å². The van der Waals surface area contributed by atoms with Crippen LogP contribution < -0.4 is 0 Å². The summed E-state index contributed by atoms with van der Waals surface area (Å²) in [6, 6.07) is 42.7. The van der Waals surface area contributed by atoms with E-state index in [-0.39, 0.29) is 0 Å². The number of allylic oxidation sites excluding steroid dienone is 4. The van der Waals surface area contributed by atoms with Crippen molar-refractivity contribution in [2.45, 2.75) is 12.8 Å². The first-order valence-corrected chi connectivity index (χ1v) is 14.5. The minimum Gasteiger partial charge on any atom is -0.135 e. The summed E-state index contributed by atoms with van der Waals surface area (Å²) in [4.78, 5) is 0. The molecular formula is C38H26S. The van der Waals surface area contributed by atoms with E-state index in [1.54, 1.807) is 0 Å². The van der Waals surface area contributed by atoms with Crippen molar-refractivity contribution in [1.82, 2.24) is 0 Å². The van der Waals surface area contributed by atoms with Gasteiger partial charge in [0.05, 0.1) is 0 Å². The van der Waals surface area contributed by atoms with E-state index in [4.69, 9.17) is 0 Å². The molecule has 1 aliphatic rings. The van der Waals surface area contributed by atoms with Crippen molar-refractivity contribution >= 4 is 58.6 Å². The van der Waals surface area contributed by atoms with Crippen LogP contribution in [-0.4, -0.2) is 0 Å². The Hall–Kier alpha value is -4.46. The maximum absolute atomic E-state index is 2.38. The minimum absolute atomic E-state index is 1.08. The van der Waals surface area contributed by atoms with Crippen LogP contribution >= 0.6 is 11.3 Å². The average molecular weight is 515 g/mol. The third kappa shape index (κ3) is 3.66. The van der Waals surface area contributed by atoms with Crippen LogP contribution in [0.2, 0.25) is 0 Å². The molecule has 0 aliphatic heterocycles. The molecule has 0 unspecified atom stereocenters. The molecule has 1 aromatic heterocycles. The molecule has 0 radical (unpaired) electrons. The highest BCUT2D eigenvalue weighted by molar-refractivity contribution is 7.25. The molecule has 0 bridgehead atoms. The highest BCUT2D eigenvalue weighted by atomic mass is 32.1. The molecule has 6 aromatic carbocycles. The molecule has 0 spiro atoms. The predicted molar refractivity (Wildman–Crippen MR) is 172 cm³/mol. The average Bonchev–Trinajstić information content (AvgIpc) is 3.38. The largest absolute Gasteiger partial charge is 0.135 e. The molecule has 1 heterocycles. The molecular weight excluding hydrogens is 488 g/mol. The zero-order valence-corrected chi connectivity index (χ0v) is 22.3. The van der Waals surface area contributed by atoms with Gasteiger partial charge in [-0.25, -0.2) is 0 Å². The van der Waals surface area contributed by atoms with E-state index in [0.29, 0.717) is 0 Å². The van der Waals surface area contributed by atoms with Crippen LogP contribution in [0.25, 0.3) is 69.5 Å². The van der Waals surface area contributed by atoms with Crippen LogP contribution in [-0.2, 0) is 0 Å². The Morgan fingerprint density at radius 1 is 0.462 bits per heavy atom. The molecule has 0 saturated carbocycles. The van der Waals surface area contributed by atoms with Gasteiger partial charge < -0.3 is 0 Å². The van der Waals surface area contributed by atoms with E-state index >= 15 is 0 Å². The third-order valence-electron chi connectivity index (χ3n) is 8.13. The van der Waals surface area contributed by atoms with Gasteiger partial charge in [0, 0.05) is 20.2 Å². The highest BCUT2D eigenvalue weighted by Gasteiger charge is 2.18. The summed E-state index contributed by atoms with van der Waals surface area (Å²) in [6.45, 7) is 0. The Balaban J connectivity index is 1.36. The first-order chi connectivity index (χ1) is 19.3. The summed E-state index contributed by atoms with van der Waals surface area (Å²) >= 11 is 1.88. The van der Waals surface area contributed by atoms with E-state index in [1.165, 1.54) is 75.1 Å². The second-order valence-electron chi connectivity index (χ2n) is 10.4. The zero-order valence-electron chi connectivity index (χ0n) is 21.5. The van der Waals surface area contributed by atoms with Crippen molar-refractivity contribution in [2.24, 2.45) is 0 Å². The molecule has 0 fully saturated rings. The molecule has 0 nitrogen and oxygen atoms in total. The second kappa shape index (κ2) is 9.08. The fourth-order valence-electron chi connectivity index (χ4n) is 6.36. The number of rotatable bonds is 3. The summed E-state index contributed by atoms with van der Waals surface area (Å²) in [5.41, 5.74) is 7.93. The SMILES string of the molecule is C1=CCCC(c2c3ccccc3c(-c3cccc(-c4ccc5c(c4)sc4ccccc45)c3)c3ccccc23)=C1. The predicted octanol–water partition coefficient (Wildman–Crippen LogP) is 11.4. The summed E-state index contributed by atoms with van der Waals surface area (Å²) in [6.07, 6.45) is 8.97. The van der Waals surface area contributed by atoms with Crippen molar-refractivity contribution < 1.29 is 0 Å². The Morgan fingerprint density at radius 3 is 1.79 bits per heavy atom. The topological polar surface area (TPSA) is 0 Å². The third-order valence-corrected chi connectivity index (χ3v) is 9.26. The monoisotopic (exact) mass is 514 g/mol. The lowest BCUT2D eigenvalue weighted by molar-refractivity contribution is 1.06. The lowest BCUT2D eigenvalue weighted by Gasteiger charge is -2.20. The Kier molecular flexibility index (Phi) is 5.24. The molecule has 1 aliphatic carbocycles. The Bertz CT molecular complexity index is 2060. The fraction of sp³-hybridized carbons (Fsp3) is 0.0526. The van der Waals surface area contributed by atoms with Gasteiger partial charge in [0.1, 0.15) is 0 Å². The van der Waals surface area contributed by atoms with Crippen LogP contribution in [0.1, 0.15) is 18.4 Å². The normalized spacial score (nSPS) is 13.5. The van der Waals surface area contributed by atoms with Crippen molar-refractivity contribution in [1.29, 1.82) is 0 Å². The van der Waals surface area contributed by atoms with Crippen molar-refractivity contribution in [3.8, 4) is 22.3 Å². The highest BCUT2D eigenvalue weighted by Crippen LogP contribution is 2.44. The first-order valence-electron chi connectivity index (χ1n) is 13.7. The van der Waals surface area contributed by atoms with Gasteiger partial charge in [-0.2, -0.15) is 0 Å². The van der Waals surface area contributed by atoms with Gasteiger partial charge in [-0.05, 0) is 86.0 Å². The van der Waals surface area contributed by atoms with E-state index in [9.17, 15) is 0 Å². The lowest BCUT2D eigenvalue weighted by atomic mass is 9.83. The minimum atomic E-state index is 1.08. The number of fused-ring (bicyclic) bond motifs is 5. The van der Waals surface area contributed by atoms with Crippen molar-refractivity contribution in [3.63, 3.8) is 0 Å². The van der Waals surface area contributed by atoms with Gasteiger partial charge in [-0.1, -0.05) is 115 Å². The second-order valence-corrected chi connectivity index (χ2v) is 11.5. The van der Waals surface area contributed by atoms with Crippen molar-refractivity contribution in [2.75, 3.05) is 0 Å². The molecule has 8 rings (SSSR count). The van der Waals surface area contributed by atoms with E-state index < -0.39 is 0 Å². The molecule has 0 N–H and O–H groups in total. The van der Waals surface area contributed by atoms with Gasteiger partial charge in [0.2, 0.25) is 0 Å². The van der Waals surface area contributed by atoms with Crippen molar-refractivity contribution in [3.05, 3.63) is 139 Å². The summed E-state index contributed by atoms with van der Waals surface area (Å²) in [7, 11) is 0.